The summed E-state index contributed by atoms with van der Waals surface area (Å²) in [6.07, 6.45) is 0.116. The van der Waals surface area contributed by atoms with E-state index in [-0.39, 0.29) is 0 Å². The molecule has 0 aliphatic rings. The third-order valence-corrected chi connectivity index (χ3v) is 3.64. The number of alkyl carbamates (subject to hydrolysis) is 1. The molecule has 0 spiro atoms. The lowest BCUT2D eigenvalue weighted by Crippen LogP contribution is -2.32. The van der Waals surface area contributed by atoms with Gasteiger partial charge >= 0.3 is 6.09 Å². The van der Waals surface area contributed by atoms with E-state index >= 15 is 0 Å². The van der Waals surface area contributed by atoms with E-state index in [1.54, 1.807) is 7.11 Å². The van der Waals surface area contributed by atoms with Gasteiger partial charge in [-0.15, -0.1) is 11.3 Å². The van der Waals surface area contributed by atoms with Gasteiger partial charge in [0.05, 0.1) is 17.3 Å². The highest BCUT2D eigenvalue weighted by atomic mass is 32.1. The van der Waals surface area contributed by atoms with Crippen LogP contribution in [0.25, 0.3) is 10.2 Å². The monoisotopic (exact) mass is 332 g/mol. The first kappa shape index (κ1) is 17.1. The summed E-state index contributed by atoms with van der Waals surface area (Å²) in [7, 11) is 1.64. The number of hydrogen-bond acceptors (Lipinski definition) is 5. The summed E-state index contributed by atoms with van der Waals surface area (Å²) in [5, 5.41) is 3.43. The first-order valence-corrected chi connectivity index (χ1v) is 8.09. The van der Waals surface area contributed by atoms with Gasteiger partial charge in [-0.1, -0.05) is 5.92 Å². The molecule has 2 rings (SSSR count). The zero-order chi connectivity index (χ0) is 16.9. The van der Waals surface area contributed by atoms with Crippen molar-refractivity contribution >= 4 is 27.6 Å². The average Bonchev–Trinajstić information content (AvgIpc) is 2.86. The minimum atomic E-state index is -0.488. The van der Waals surface area contributed by atoms with E-state index in [0.717, 1.165) is 21.0 Å². The van der Waals surface area contributed by atoms with E-state index in [9.17, 15) is 4.79 Å². The maximum atomic E-state index is 11.5. The van der Waals surface area contributed by atoms with Gasteiger partial charge in [0.25, 0.3) is 0 Å². The molecule has 23 heavy (non-hydrogen) atoms. The number of ether oxygens (including phenoxy) is 2. The molecule has 5 nitrogen and oxygen atoms in total. The van der Waals surface area contributed by atoms with Crippen LogP contribution in [0.1, 0.15) is 32.2 Å². The van der Waals surface area contributed by atoms with Crippen molar-refractivity contribution in [2.75, 3.05) is 13.7 Å². The van der Waals surface area contributed by atoms with Crippen LogP contribution in [0, 0.1) is 11.8 Å². The quantitative estimate of drug-likeness (QED) is 0.689. The van der Waals surface area contributed by atoms with E-state index in [1.165, 1.54) is 11.3 Å². The van der Waals surface area contributed by atoms with Gasteiger partial charge in [0, 0.05) is 13.0 Å². The lowest BCUT2D eigenvalue weighted by molar-refractivity contribution is 0.0529. The van der Waals surface area contributed by atoms with Crippen molar-refractivity contribution < 1.29 is 14.3 Å². The van der Waals surface area contributed by atoms with Gasteiger partial charge in [0.1, 0.15) is 11.4 Å². The van der Waals surface area contributed by atoms with Crippen molar-refractivity contribution in [2.24, 2.45) is 0 Å². The summed E-state index contributed by atoms with van der Waals surface area (Å²) >= 11 is 1.52. The molecule has 1 N–H and O–H groups in total. The molecule has 122 valence electrons. The van der Waals surface area contributed by atoms with Crippen LogP contribution >= 0.6 is 11.3 Å². The van der Waals surface area contributed by atoms with Crippen LogP contribution in [0.3, 0.4) is 0 Å². The summed E-state index contributed by atoms with van der Waals surface area (Å²) in [5.41, 5.74) is 0.421. The van der Waals surface area contributed by atoms with Crippen molar-refractivity contribution in [1.82, 2.24) is 10.3 Å². The number of thiazole rings is 1. The molecule has 0 saturated carbocycles. The van der Waals surface area contributed by atoms with Crippen LogP contribution in [-0.4, -0.2) is 30.3 Å². The fourth-order valence-corrected chi connectivity index (χ4v) is 2.63. The Balaban J connectivity index is 1.86. The molecule has 0 radical (unpaired) electrons. The van der Waals surface area contributed by atoms with Crippen molar-refractivity contribution in [3.8, 4) is 17.6 Å². The molecule has 0 aliphatic heterocycles. The first-order chi connectivity index (χ1) is 10.9. The SMILES string of the molecule is COc1ccc2nc(C#CCCNC(=O)OC(C)(C)C)sc2c1. The molecule has 0 saturated heterocycles. The van der Waals surface area contributed by atoms with Gasteiger partial charge in [0.2, 0.25) is 0 Å². The Morgan fingerprint density at radius 3 is 2.87 bits per heavy atom. The highest BCUT2D eigenvalue weighted by Gasteiger charge is 2.15. The highest BCUT2D eigenvalue weighted by Crippen LogP contribution is 2.25. The number of hydrogen-bond donors (Lipinski definition) is 1. The molecule has 6 heteroatoms. The summed E-state index contributed by atoms with van der Waals surface area (Å²) in [6.45, 7) is 5.93. The van der Waals surface area contributed by atoms with Gasteiger partial charge in [-0.25, -0.2) is 9.78 Å². The van der Waals surface area contributed by atoms with Gasteiger partial charge in [-0.2, -0.15) is 0 Å². The van der Waals surface area contributed by atoms with E-state index in [0.29, 0.717) is 13.0 Å². The Kier molecular flexibility index (Phi) is 5.45. The summed E-state index contributed by atoms with van der Waals surface area (Å²) in [5.74, 6) is 6.83. The molecule has 1 aromatic carbocycles. The fourth-order valence-electron chi connectivity index (χ4n) is 1.76. The predicted octanol–water partition coefficient (Wildman–Crippen LogP) is 3.57. The summed E-state index contributed by atoms with van der Waals surface area (Å²) < 4.78 is 11.4. The molecule has 0 unspecified atom stereocenters. The lowest BCUT2D eigenvalue weighted by Gasteiger charge is -2.19. The average molecular weight is 332 g/mol. The highest BCUT2D eigenvalue weighted by molar-refractivity contribution is 7.19. The number of methoxy groups -OCH3 is 1. The second kappa shape index (κ2) is 7.34. The Morgan fingerprint density at radius 2 is 2.17 bits per heavy atom. The number of nitrogens with zero attached hydrogens (tertiary/aromatic N) is 1. The number of amides is 1. The maximum Gasteiger partial charge on any atom is 0.407 e. The number of rotatable bonds is 3. The normalized spacial score (nSPS) is 10.8. The Morgan fingerprint density at radius 1 is 1.39 bits per heavy atom. The molecule has 2 aromatic rings. The van der Waals surface area contributed by atoms with Crippen LogP contribution in [-0.2, 0) is 4.74 Å². The molecule has 1 heterocycles. The topological polar surface area (TPSA) is 60.5 Å². The molecular formula is C17H20N2O3S. The van der Waals surface area contributed by atoms with Gasteiger partial charge in [-0.3, -0.25) is 0 Å². The van der Waals surface area contributed by atoms with Crippen molar-refractivity contribution in [2.45, 2.75) is 32.8 Å². The zero-order valence-electron chi connectivity index (χ0n) is 13.7. The first-order valence-electron chi connectivity index (χ1n) is 7.28. The van der Waals surface area contributed by atoms with Crippen molar-refractivity contribution in [1.29, 1.82) is 0 Å². The molecular weight excluding hydrogens is 312 g/mol. The predicted molar refractivity (Wildman–Crippen MR) is 91.9 cm³/mol. The standard InChI is InChI=1S/C17H20N2O3S/c1-17(2,3)22-16(20)18-10-6-5-7-15-19-13-9-8-12(21-4)11-14(13)23-15/h8-9,11H,6,10H2,1-4H3,(H,18,20). The van der Waals surface area contributed by atoms with E-state index in [1.807, 2.05) is 39.0 Å². The Bertz CT molecular complexity index is 751. The third kappa shape index (κ3) is 5.46. The number of aromatic nitrogens is 1. The van der Waals surface area contributed by atoms with E-state index in [4.69, 9.17) is 9.47 Å². The number of fused-ring (bicyclic) bond motifs is 1. The summed E-state index contributed by atoms with van der Waals surface area (Å²) in [6, 6.07) is 5.74. The fraction of sp³-hybridized carbons (Fsp3) is 0.412. The van der Waals surface area contributed by atoms with Crippen LogP contribution < -0.4 is 10.1 Å². The molecule has 0 bridgehead atoms. The second-order valence-corrected chi connectivity index (χ2v) is 6.86. The molecule has 1 aromatic heterocycles. The molecule has 0 fully saturated rings. The summed E-state index contributed by atoms with van der Waals surface area (Å²) in [4.78, 5) is 15.9. The van der Waals surface area contributed by atoms with Gasteiger partial charge in [-0.05, 0) is 44.9 Å². The van der Waals surface area contributed by atoms with E-state index in [2.05, 4.69) is 22.1 Å². The minimum Gasteiger partial charge on any atom is -0.497 e. The lowest BCUT2D eigenvalue weighted by atomic mass is 10.2. The minimum absolute atomic E-state index is 0.425. The van der Waals surface area contributed by atoms with E-state index < -0.39 is 11.7 Å². The molecule has 0 aliphatic carbocycles. The number of carbonyl (C=O) groups excluding carboxylic acids is 1. The van der Waals surface area contributed by atoms with Crippen molar-refractivity contribution in [3.05, 3.63) is 23.2 Å². The van der Waals surface area contributed by atoms with Crippen LogP contribution in [0.2, 0.25) is 0 Å². The maximum absolute atomic E-state index is 11.5. The van der Waals surface area contributed by atoms with Crippen LogP contribution in [0.5, 0.6) is 5.75 Å². The second-order valence-electron chi connectivity index (χ2n) is 5.83. The van der Waals surface area contributed by atoms with Gasteiger partial charge in [0.15, 0.2) is 5.01 Å². The number of carbonyl (C=O) groups is 1. The van der Waals surface area contributed by atoms with Crippen LogP contribution in [0.15, 0.2) is 18.2 Å². The number of benzene rings is 1. The molecule has 0 atom stereocenters. The smallest absolute Gasteiger partial charge is 0.407 e. The van der Waals surface area contributed by atoms with Gasteiger partial charge < -0.3 is 14.8 Å². The zero-order valence-corrected chi connectivity index (χ0v) is 14.5. The number of nitrogens with one attached hydrogen (secondary N) is 1. The third-order valence-electron chi connectivity index (χ3n) is 2.71. The van der Waals surface area contributed by atoms with Crippen LogP contribution in [0.4, 0.5) is 4.79 Å². The Hall–Kier alpha value is -2.26. The largest absolute Gasteiger partial charge is 0.497 e. The molecule has 1 amide bonds. The van der Waals surface area contributed by atoms with Crippen molar-refractivity contribution in [3.63, 3.8) is 0 Å². The Labute approximate surface area is 140 Å².